The molecule has 1 fully saturated rings. The zero-order chi connectivity index (χ0) is 12.3. The van der Waals surface area contributed by atoms with Gasteiger partial charge in [0.2, 0.25) is 0 Å². The van der Waals surface area contributed by atoms with Gasteiger partial charge in [-0.2, -0.15) is 0 Å². The molecule has 1 aliphatic rings. The summed E-state index contributed by atoms with van der Waals surface area (Å²) in [5, 5.41) is 3.15. The Labute approximate surface area is 111 Å². The van der Waals surface area contributed by atoms with Crippen LogP contribution in [0.15, 0.2) is 16.7 Å². The second kappa shape index (κ2) is 5.71. The smallest absolute Gasteiger partial charge is 0.268 e. The molecule has 0 atom stereocenters. The van der Waals surface area contributed by atoms with Crippen LogP contribution >= 0.6 is 15.9 Å². The Hall–Kier alpha value is -0.770. The molecular formula is C13H19BrN2O. The number of halogens is 1. The Morgan fingerprint density at radius 3 is 2.53 bits per heavy atom. The lowest BCUT2D eigenvalue weighted by atomic mass is 10.1. The van der Waals surface area contributed by atoms with E-state index in [9.17, 15) is 4.79 Å². The summed E-state index contributed by atoms with van der Waals surface area (Å²) in [6.07, 6.45) is 9.24. The lowest BCUT2D eigenvalue weighted by molar-refractivity contribution is 0.0925. The van der Waals surface area contributed by atoms with Gasteiger partial charge in [0.1, 0.15) is 5.69 Å². The minimum Gasteiger partial charge on any atom is -0.348 e. The van der Waals surface area contributed by atoms with E-state index in [0.717, 1.165) is 23.0 Å². The van der Waals surface area contributed by atoms with E-state index in [1.165, 1.54) is 25.7 Å². The summed E-state index contributed by atoms with van der Waals surface area (Å²) in [5.74, 6) is 0.0464. The van der Waals surface area contributed by atoms with Gasteiger partial charge in [0.15, 0.2) is 0 Å². The molecule has 0 spiro atoms. The molecule has 1 saturated carbocycles. The van der Waals surface area contributed by atoms with E-state index in [1.54, 1.807) is 0 Å². The van der Waals surface area contributed by atoms with Crippen molar-refractivity contribution < 1.29 is 4.79 Å². The topological polar surface area (TPSA) is 34.0 Å². The molecule has 0 aromatic carbocycles. The summed E-state index contributed by atoms with van der Waals surface area (Å²) < 4.78 is 2.81. The van der Waals surface area contributed by atoms with E-state index in [2.05, 4.69) is 21.2 Å². The summed E-state index contributed by atoms with van der Waals surface area (Å²) >= 11 is 3.39. The largest absolute Gasteiger partial charge is 0.348 e. The first-order chi connectivity index (χ1) is 8.16. The number of carbonyl (C=O) groups excluding carboxylic acids is 1. The van der Waals surface area contributed by atoms with E-state index < -0.39 is 0 Å². The number of nitrogens with one attached hydrogen (secondary N) is 1. The van der Waals surface area contributed by atoms with Gasteiger partial charge in [-0.25, -0.2) is 0 Å². The van der Waals surface area contributed by atoms with Crippen LogP contribution in [0.2, 0.25) is 0 Å². The fourth-order valence-corrected chi connectivity index (χ4v) is 2.96. The molecule has 1 amide bonds. The number of hydrogen-bond acceptors (Lipinski definition) is 1. The lowest BCUT2D eigenvalue weighted by Gasteiger charge is -2.16. The number of amides is 1. The highest BCUT2D eigenvalue weighted by atomic mass is 79.9. The minimum atomic E-state index is 0.0464. The van der Waals surface area contributed by atoms with Crippen molar-refractivity contribution in [3.63, 3.8) is 0 Å². The zero-order valence-corrected chi connectivity index (χ0v) is 11.8. The molecule has 0 aliphatic heterocycles. The van der Waals surface area contributed by atoms with E-state index in [1.807, 2.05) is 23.9 Å². The number of aryl methyl sites for hydroxylation is 1. The summed E-state index contributed by atoms with van der Waals surface area (Å²) in [5.41, 5.74) is 0.723. The maximum Gasteiger partial charge on any atom is 0.268 e. The van der Waals surface area contributed by atoms with Gasteiger partial charge in [-0.05, 0) is 34.8 Å². The molecule has 0 bridgehead atoms. The third-order valence-corrected chi connectivity index (χ3v) is 3.83. The Morgan fingerprint density at radius 1 is 1.35 bits per heavy atom. The van der Waals surface area contributed by atoms with E-state index >= 15 is 0 Å². The van der Waals surface area contributed by atoms with Gasteiger partial charge in [-0.1, -0.05) is 25.7 Å². The van der Waals surface area contributed by atoms with Crippen LogP contribution in [-0.4, -0.2) is 16.5 Å². The van der Waals surface area contributed by atoms with E-state index in [4.69, 9.17) is 0 Å². The van der Waals surface area contributed by atoms with Crippen LogP contribution < -0.4 is 5.32 Å². The van der Waals surface area contributed by atoms with Crippen LogP contribution in [0.5, 0.6) is 0 Å². The van der Waals surface area contributed by atoms with Crippen molar-refractivity contribution in [2.24, 2.45) is 7.05 Å². The number of nitrogens with zero attached hydrogens (tertiary/aromatic N) is 1. The molecule has 4 heteroatoms. The first kappa shape index (κ1) is 12.7. The van der Waals surface area contributed by atoms with Crippen LogP contribution in [0.1, 0.15) is 49.0 Å². The number of carbonyl (C=O) groups is 1. The van der Waals surface area contributed by atoms with Crippen molar-refractivity contribution in [2.45, 2.75) is 44.6 Å². The van der Waals surface area contributed by atoms with Crippen LogP contribution in [0.3, 0.4) is 0 Å². The maximum absolute atomic E-state index is 12.1. The molecule has 94 valence electrons. The van der Waals surface area contributed by atoms with E-state index in [-0.39, 0.29) is 5.91 Å². The predicted molar refractivity (Wildman–Crippen MR) is 72.1 cm³/mol. The lowest BCUT2D eigenvalue weighted by Crippen LogP contribution is -2.35. The standard InChI is InChI=1S/C13H19BrN2O/c1-16-9-10(14)8-12(16)13(17)15-11-6-4-2-3-5-7-11/h8-9,11H,2-7H2,1H3,(H,15,17). The fourth-order valence-electron chi connectivity index (χ4n) is 2.43. The summed E-state index contributed by atoms with van der Waals surface area (Å²) in [4.78, 5) is 12.1. The monoisotopic (exact) mass is 298 g/mol. The van der Waals surface area contributed by atoms with Gasteiger partial charge in [-0.3, -0.25) is 4.79 Å². The average molecular weight is 299 g/mol. The summed E-state index contributed by atoms with van der Waals surface area (Å²) in [7, 11) is 1.90. The number of aromatic nitrogens is 1. The van der Waals surface area contributed by atoms with Crippen molar-refractivity contribution in [2.75, 3.05) is 0 Å². The predicted octanol–water partition coefficient (Wildman–Crippen LogP) is 3.24. The Morgan fingerprint density at radius 2 is 2.00 bits per heavy atom. The van der Waals surface area contributed by atoms with Crippen molar-refractivity contribution in [1.29, 1.82) is 0 Å². The van der Waals surface area contributed by atoms with Crippen LogP contribution in [0, 0.1) is 0 Å². The summed E-state index contributed by atoms with van der Waals surface area (Å²) in [6.45, 7) is 0. The normalized spacial score (nSPS) is 17.8. The van der Waals surface area contributed by atoms with Crippen molar-refractivity contribution in [3.05, 3.63) is 22.4 Å². The van der Waals surface area contributed by atoms with Gasteiger partial charge in [0.05, 0.1) is 0 Å². The fraction of sp³-hybridized carbons (Fsp3) is 0.615. The Balaban J connectivity index is 1.98. The van der Waals surface area contributed by atoms with E-state index in [0.29, 0.717) is 6.04 Å². The molecule has 1 heterocycles. The van der Waals surface area contributed by atoms with Crippen molar-refractivity contribution in [1.82, 2.24) is 9.88 Å². The average Bonchev–Trinajstić information content (AvgIpc) is 2.51. The SMILES string of the molecule is Cn1cc(Br)cc1C(=O)NC1CCCCCC1. The van der Waals surface area contributed by atoms with Gasteiger partial charge in [-0.15, -0.1) is 0 Å². The minimum absolute atomic E-state index is 0.0464. The Kier molecular flexibility index (Phi) is 4.26. The first-order valence-electron chi connectivity index (χ1n) is 6.29. The molecule has 2 rings (SSSR count). The highest BCUT2D eigenvalue weighted by molar-refractivity contribution is 9.10. The van der Waals surface area contributed by atoms with Crippen LogP contribution in [0.25, 0.3) is 0 Å². The molecule has 3 nitrogen and oxygen atoms in total. The number of hydrogen-bond donors (Lipinski definition) is 1. The van der Waals surface area contributed by atoms with Gasteiger partial charge in [0, 0.05) is 23.8 Å². The second-order valence-electron chi connectivity index (χ2n) is 4.82. The molecule has 17 heavy (non-hydrogen) atoms. The van der Waals surface area contributed by atoms with Gasteiger partial charge >= 0.3 is 0 Å². The van der Waals surface area contributed by atoms with Crippen LogP contribution in [0.4, 0.5) is 0 Å². The molecule has 1 N–H and O–H groups in total. The quantitative estimate of drug-likeness (QED) is 0.836. The molecule has 0 radical (unpaired) electrons. The molecule has 1 aliphatic carbocycles. The molecule has 1 aromatic rings. The Bertz CT molecular complexity index is 392. The molecule has 0 saturated heterocycles. The molecule has 0 unspecified atom stereocenters. The third kappa shape index (κ3) is 3.35. The van der Waals surface area contributed by atoms with Crippen LogP contribution in [-0.2, 0) is 7.05 Å². The molecular weight excluding hydrogens is 280 g/mol. The zero-order valence-electron chi connectivity index (χ0n) is 10.2. The maximum atomic E-state index is 12.1. The first-order valence-corrected chi connectivity index (χ1v) is 7.09. The van der Waals surface area contributed by atoms with Crippen molar-refractivity contribution in [3.8, 4) is 0 Å². The number of rotatable bonds is 2. The van der Waals surface area contributed by atoms with Gasteiger partial charge in [0.25, 0.3) is 5.91 Å². The van der Waals surface area contributed by atoms with Crippen molar-refractivity contribution >= 4 is 21.8 Å². The highest BCUT2D eigenvalue weighted by Crippen LogP contribution is 2.18. The molecule has 1 aromatic heterocycles. The summed E-state index contributed by atoms with van der Waals surface area (Å²) in [6, 6.07) is 2.23. The second-order valence-corrected chi connectivity index (χ2v) is 5.73. The highest BCUT2D eigenvalue weighted by Gasteiger charge is 2.17. The third-order valence-electron chi connectivity index (χ3n) is 3.39. The van der Waals surface area contributed by atoms with Gasteiger partial charge < -0.3 is 9.88 Å².